The van der Waals surface area contributed by atoms with Crippen molar-refractivity contribution < 1.29 is 0 Å². The molecule has 0 saturated heterocycles. The van der Waals surface area contributed by atoms with Crippen LogP contribution >= 0.6 is 0 Å². The molecular formula is C11H23N. The van der Waals surface area contributed by atoms with Crippen LogP contribution in [-0.2, 0) is 0 Å². The van der Waals surface area contributed by atoms with Gasteiger partial charge in [-0.2, -0.15) is 0 Å². The monoisotopic (exact) mass is 169 g/mol. The summed E-state index contributed by atoms with van der Waals surface area (Å²) in [5, 5.41) is 3.52. The first-order valence-corrected chi connectivity index (χ1v) is 5.10. The zero-order chi connectivity index (χ0) is 9.40. The van der Waals surface area contributed by atoms with Crippen molar-refractivity contribution in [3.8, 4) is 0 Å². The Morgan fingerprint density at radius 2 is 2.08 bits per heavy atom. The van der Waals surface area contributed by atoms with Gasteiger partial charge in [-0.25, -0.2) is 0 Å². The van der Waals surface area contributed by atoms with Crippen LogP contribution in [0.2, 0.25) is 0 Å². The summed E-state index contributed by atoms with van der Waals surface area (Å²) in [5.74, 6) is 0.782. The fraction of sp³-hybridized carbons (Fsp3) is 0.818. The van der Waals surface area contributed by atoms with Gasteiger partial charge in [0.2, 0.25) is 0 Å². The average molecular weight is 169 g/mol. The van der Waals surface area contributed by atoms with Gasteiger partial charge in [-0.3, -0.25) is 0 Å². The molecule has 0 radical (unpaired) electrons. The first kappa shape index (κ1) is 11.7. The van der Waals surface area contributed by atoms with Crippen LogP contribution in [0.1, 0.15) is 40.0 Å². The normalized spacial score (nSPS) is 15.6. The van der Waals surface area contributed by atoms with Crippen molar-refractivity contribution in [2.75, 3.05) is 6.54 Å². The third-order valence-electron chi connectivity index (χ3n) is 2.48. The Balaban J connectivity index is 3.75. The molecule has 1 N–H and O–H groups in total. The number of hydrogen-bond acceptors (Lipinski definition) is 1. The van der Waals surface area contributed by atoms with Gasteiger partial charge in [0.1, 0.15) is 0 Å². The Bertz CT molecular complexity index is 110. The van der Waals surface area contributed by atoms with E-state index in [0.717, 1.165) is 18.9 Å². The first-order chi connectivity index (χ1) is 5.76. The van der Waals surface area contributed by atoms with Gasteiger partial charge in [0.25, 0.3) is 0 Å². The van der Waals surface area contributed by atoms with Crippen LogP contribution in [0.4, 0.5) is 0 Å². The van der Waals surface area contributed by atoms with E-state index in [0.29, 0.717) is 6.04 Å². The highest BCUT2D eigenvalue weighted by atomic mass is 14.9. The van der Waals surface area contributed by atoms with Crippen molar-refractivity contribution >= 4 is 0 Å². The Hall–Kier alpha value is -0.300. The predicted molar refractivity (Wildman–Crippen MR) is 56.4 cm³/mol. The molecule has 0 rings (SSSR count). The highest BCUT2D eigenvalue weighted by molar-refractivity contribution is 4.76. The summed E-state index contributed by atoms with van der Waals surface area (Å²) in [6, 6.07) is 0.679. The number of nitrogens with one attached hydrogen (secondary N) is 1. The molecule has 0 heterocycles. The summed E-state index contributed by atoms with van der Waals surface area (Å²) in [6.07, 6.45) is 5.62. The zero-order valence-electron chi connectivity index (χ0n) is 8.77. The molecule has 0 spiro atoms. The predicted octanol–water partition coefficient (Wildman–Crippen LogP) is 2.98. The second-order valence-corrected chi connectivity index (χ2v) is 3.42. The molecule has 0 aliphatic rings. The second-order valence-electron chi connectivity index (χ2n) is 3.42. The van der Waals surface area contributed by atoms with Gasteiger partial charge in [0.15, 0.2) is 0 Å². The summed E-state index contributed by atoms with van der Waals surface area (Å²) < 4.78 is 0. The lowest BCUT2D eigenvalue weighted by Gasteiger charge is -2.23. The highest BCUT2D eigenvalue weighted by Crippen LogP contribution is 2.12. The fourth-order valence-electron chi connectivity index (χ4n) is 1.43. The molecule has 1 nitrogen and oxygen atoms in total. The van der Waals surface area contributed by atoms with E-state index in [9.17, 15) is 0 Å². The van der Waals surface area contributed by atoms with Crippen molar-refractivity contribution in [3.05, 3.63) is 12.7 Å². The number of allylic oxidation sites excluding steroid dienone is 1. The number of hydrogen-bond donors (Lipinski definition) is 1. The summed E-state index contributed by atoms with van der Waals surface area (Å²) in [7, 11) is 0. The molecule has 1 heteroatoms. The minimum atomic E-state index is 0.679. The van der Waals surface area contributed by atoms with E-state index in [1.807, 2.05) is 6.08 Å². The molecule has 0 aromatic rings. The maximum absolute atomic E-state index is 3.75. The van der Waals surface area contributed by atoms with E-state index >= 15 is 0 Å². The molecule has 0 aliphatic heterocycles. The van der Waals surface area contributed by atoms with Crippen LogP contribution < -0.4 is 5.32 Å². The molecule has 0 aliphatic carbocycles. The van der Waals surface area contributed by atoms with Crippen LogP contribution in [0.15, 0.2) is 12.7 Å². The minimum Gasteiger partial charge on any atom is -0.314 e. The van der Waals surface area contributed by atoms with E-state index < -0.39 is 0 Å². The molecular weight excluding hydrogens is 146 g/mol. The third-order valence-corrected chi connectivity index (χ3v) is 2.48. The largest absolute Gasteiger partial charge is 0.314 e. The van der Waals surface area contributed by atoms with E-state index in [1.165, 1.54) is 12.8 Å². The molecule has 12 heavy (non-hydrogen) atoms. The van der Waals surface area contributed by atoms with Crippen LogP contribution in [0.3, 0.4) is 0 Å². The van der Waals surface area contributed by atoms with Gasteiger partial charge in [0.05, 0.1) is 0 Å². The van der Waals surface area contributed by atoms with Gasteiger partial charge in [-0.1, -0.05) is 33.3 Å². The van der Waals surface area contributed by atoms with E-state index in [4.69, 9.17) is 0 Å². The van der Waals surface area contributed by atoms with Crippen molar-refractivity contribution in [1.82, 2.24) is 5.32 Å². The molecule has 0 bridgehead atoms. The van der Waals surface area contributed by atoms with Gasteiger partial charge in [-0.15, -0.1) is 6.58 Å². The minimum absolute atomic E-state index is 0.679. The molecule has 0 aromatic heterocycles. The van der Waals surface area contributed by atoms with Gasteiger partial charge in [0, 0.05) is 6.04 Å². The molecule has 2 atom stereocenters. The topological polar surface area (TPSA) is 12.0 Å². The molecule has 2 unspecified atom stereocenters. The lowest BCUT2D eigenvalue weighted by Crippen LogP contribution is -2.34. The fourth-order valence-corrected chi connectivity index (χ4v) is 1.43. The van der Waals surface area contributed by atoms with Gasteiger partial charge in [-0.05, 0) is 25.3 Å². The summed E-state index contributed by atoms with van der Waals surface area (Å²) in [6.45, 7) is 11.6. The lowest BCUT2D eigenvalue weighted by molar-refractivity contribution is 0.356. The highest BCUT2D eigenvalue weighted by Gasteiger charge is 2.12. The third kappa shape index (κ3) is 4.55. The summed E-state index contributed by atoms with van der Waals surface area (Å²) in [5.41, 5.74) is 0. The van der Waals surface area contributed by atoms with E-state index in [2.05, 4.69) is 32.7 Å². The van der Waals surface area contributed by atoms with Crippen molar-refractivity contribution in [3.63, 3.8) is 0 Å². The average Bonchev–Trinajstić information content (AvgIpc) is 2.11. The standard InChI is InChI=1S/C11H23N/c1-5-8-9-11(12-7-3)10(4)6-2/h5,10-12H,1,6-9H2,2-4H3. The molecule has 0 aromatic carbocycles. The van der Waals surface area contributed by atoms with E-state index in [1.54, 1.807) is 0 Å². The van der Waals surface area contributed by atoms with Crippen molar-refractivity contribution in [2.24, 2.45) is 5.92 Å². The maximum atomic E-state index is 3.75. The van der Waals surface area contributed by atoms with Crippen LogP contribution in [0.5, 0.6) is 0 Å². The van der Waals surface area contributed by atoms with Gasteiger partial charge >= 0.3 is 0 Å². The Morgan fingerprint density at radius 1 is 1.42 bits per heavy atom. The van der Waals surface area contributed by atoms with Crippen molar-refractivity contribution in [2.45, 2.75) is 46.1 Å². The molecule has 0 fully saturated rings. The second kappa shape index (κ2) is 7.35. The van der Waals surface area contributed by atoms with E-state index in [-0.39, 0.29) is 0 Å². The van der Waals surface area contributed by atoms with Crippen LogP contribution in [-0.4, -0.2) is 12.6 Å². The zero-order valence-corrected chi connectivity index (χ0v) is 8.77. The number of rotatable bonds is 7. The molecule has 0 saturated carbocycles. The molecule has 0 amide bonds. The SMILES string of the molecule is C=CCCC(NCC)C(C)CC. The first-order valence-electron chi connectivity index (χ1n) is 5.10. The van der Waals surface area contributed by atoms with Gasteiger partial charge < -0.3 is 5.32 Å². The summed E-state index contributed by atoms with van der Waals surface area (Å²) >= 11 is 0. The smallest absolute Gasteiger partial charge is 0.00954 e. The lowest BCUT2D eigenvalue weighted by atomic mass is 9.95. The van der Waals surface area contributed by atoms with Crippen LogP contribution in [0, 0.1) is 5.92 Å². The summed E-state index contributed by atoms with van der Waals surface area (Å²) in [4.78, 5) is 0. The Morgan fingerprint density at radius 3 is 2.50 bits per heavy atom. The van der Waals surface area contributed by atoms with Crippen molar-refractivity contribution in [1.29, 1.82) is 0 Å². The Kier molecular flexibility index (Phi) is 7.17. The Labute approximate surface area is 77.2 Å². The quantitative estimate of drug-likeness (QED) is 0.578. The maximum Gasteiger partial charge on any atom is 0.00954 e. The van der Waals surface area contributed by atoms with Crippen LogP contribution in [0.25, 0.3) is 0 Å². The molecule has 72 valence electrons.